The van der Waals surface area contributed by atoms with Gasteiger partial charge in [-0.15, -0.1) is 0 Å². The minimum absolute atomic E-state index is 0.0941. The smallest absolute Gasteiger partial charge is 0.251 e. The molecule has 0 spiro atoms. The Bertz CT molecular complexity index is 469. The Morgan fingerprint density at radius 2 is 2.26 bits per heavy atom. The fraction of sp³-hybridized carbons (Fsp3) is 0.533. The summed E-state index contributed by atoms with van der Waals surface area (Å²) >= 11 is 0. The maximum Gasteiger partial charge on any atom is 0.251 e. The second kappa shape index (κ2) is 5.61. The van der Waals surface area contributed by atoms with Crippen LogP contribution in [0.4, 0.5) is 5.69 Å². The van der Waals surface area contributed by atoms with Gasteiger partial charge in [-0.3, -0.25) is 4.79 Å². The molecule has 0 radical (unpaired) electrons. The molecule has 2 rings (SSSR count). The number of hydrogen-bond acceptors (Lipinski definition) is 3. The molecule has 1 aromatic carbocycles. The number of para-hydroxylation sites is 1. The Morgan fingerprint density at radius 3 is 3.00 bits per heavy atom. The van der Waals surface area contributed by atoms with Crippen LogP contribution in [0.2, 0.25) is 0 Å². The van der Waals surface area contributed by atoms with E-state index in [0.717, 1.165) is 18.5 Å². The molecule has 1 aromatic rings. The lowest BCUT2D eigenvalue weighted by molar-refractivity contribution is -0.139. The molecule has 1 aliphatic heterocycles. The monoisotopic (exact) mass is 262 g/mol. The summed E-state index contributed by atoms with van der Waals surface area (Å²) in [6.07, 6.45) is 2.27. The summed E-state index contributed by atoms with van der Waals surface area (Å²) in [6.45, 7) is 5.06. The lowest BCUT2D eigenvalue weighted by Crippen LogP contribution is -2.43. The largest absolute Gasteiger partial charge is 0.385 e. The Balaban J connectivity index is 2.06. The predicted molar refractivity (Wildman–Crippen MR) is 76.2 cm³/mol. The molecule has 4 heteroatoms. The topological polar surface area (TPSA) is 50.4 Å². The first kappa shape index (κ1) is 13.9. The molecule has 0 unspecified atom stereocenters. The summed E-state index contributed by atoms with van der Waals surface area (Å²) in [6, 6.07) is 6.25. The number of hydrogen-bond donors (Lipinski definition) is 2. The van der Waals surface area contributed by atoms with Gasteiger partial charge in [-0.2, -0.15) is 0 Å². The SMILES string of the molecule is COC(C)(C)C(=O)NCc1cccc2c1NCCC2. The number of ether oxygens (including phenoxy) is 1. The fourth-order valence-corrected chi connectivity index (χ4v) is 2.21. The van der Waals surface area contributed by atoms with Crippen LogP contribution in [0, 0.1) is 0 Å². The molecule has 104 valence electrons. The first-order chi connectivity index (χ1) is 9.04. The number of carbonyl (C=O) groups excluding carboxylic acids is 1. The number of anilines is 1. The zero-order chi connectivity index (χ0) is 13.9. The van der Waals surface area contributed by atoms with E-state index in [0.29, 0.717) is 6.54 Å². The van der Waals surface area contributed by atoms with E-state index in [-0.39, 0.29) is 5.91 Å². The highest BCUT2D eigenvalue weighted by Gasteiger charge is 2.26. The van der Waals surface area contributed by atoms with Gasteiger partial charge >= 0.3 is 0 Å². The number of aryl methyl sites for hydroxylation is 1. The van der Waals surface area contributed by atoms with Gasteiger partial charge in [0.2, 0.25) is 0 Å². The predicted octanol–water partition coefficient (Wildman–Crippen LogP) is 2.09. The van der Waals surface area contributed by atoms with Gasteiger partial charge in [0.25, 0.3) is 5.91 Å². The number of rotatable bonds is 4. The van der Waals surface area contributed by atoms with Crippen LogP contribution in [0.25, 0.3) is 0 Å². The lowest BCUT2D eigenvalue weighted by atomic mass is 9.99. The van der Waals surface area contributed by atoms with Crippen molar-refractivity contribution in [3.05, 3.63) is 29.3 Å². The van der Waals surface area contributed by atoms with Gasteiger partial charge in [0.1, 0.15) is 5.60 Å². The van der Waals surface area contributed by atoms with Crippen LogP contribution in [-0.2, 0) is 22.5 Å². The quantitative estimate of drug-likeness (QED) is 0.873. The van der Waals surface area contributed by atoms with Gasteiger partial charge in [-0.05, 0) is 37.8 Å². The van der Waals surface area contributed by atoms with Gasteiger partial charge in [0, 0.05) is 25.9 Å². The Kier molecular flexibility index (Phi) is 4.10. The van der Waals surface area contributed by atoms with Crippen molar-refractivity contribution in [3.8, 4) is 0 Å². The number of nitrogens with one attached hydrogen (secondary N) is 2. The van der Waals surface area contributed by atoms with Gasteiger partial charge in [0.15, 0.2) is 0 Å². The van der Waals surface area contributed by atoms with Crippen LogP contribution < -0.4 is 10.6 Å². The summed E-state index contributed by atoms with van der Waals surface area (Å²) in [5.41, 5.74) is 2.87. The summed E-state index contributed by atoms with van der Waals surface area (Å²) in [7, 11) is 1.55. The average molecular weight is 262 g/mol. The van der Waals surface area contributed by atoms with Crippen molar-refractivity contribution in [1.82, 2.24) is 5.32 Å². The molecule has 0 aliphatic carbocycles. The summed E-state index contributed by atoms with van der Waals surface area (Å²) in [5, 5.41) is 6.36. The molecule has 1 amide bonds. The summed E-state index contributed by atoms with van der Waals surface area (Å²) in [5.74, 6) is -0.0941. The molecule has 0 saturated heterocycles. The second-order valence-corrected chi connectivity index (χ2v) is 5.38. The summed E-state index contributed by atoms with van der Waals surface area (Å²) < 4.78 is 5.17. The Hall–Kier alpha value is -1.55. The molecule has 2 N–H and O–H groups in total. The molecule has 19 heavy (non-hydrogen) atoms. The molecule has 0 atom stereocenters. The summed E-state index contributed by atoms with van der Waals surface area (Å²) in [4.78, 5) is 12.0. The van der Waals surface area contributed by atoms with Crippen molar-refractivity contribution < 1.29 is 9.53 Å². The Labute approximate surface area is 114 Å². The van der Waals surface area contributed by atoms with Crippen molar-refractivity contribution in [2.75, 3.05) is 19.0 Å². The fourth-order valence-electron chi connectivity index (χ4n) is 2.21. The van der Waals surface area contributed by atoms with Crippen molar-refractivity contribution in [3.63, 3.8) is 0 Å². The Morgan fingerprint density at radius 1 is 1.47 bits per heavy atom. The van der Waals surface area contributed by atoms with E-state index in [4.69, 9.17) is 4.74 Å². The van der Waals surface area contributed by atoms with Crippen LogP contribution in [0.1, 0.15) is 31.4 Å². The van der Waals surface area contributed by atoms with E-state index >= 15 is 0 Å². The second-order valence-electron chi connectivity index (χ2n) is 5.38. The van der Waals surface area contributed by atoms with Gasteiger partial charge in [-0.25, -0.2) is 0 Å². The van der Waals surface area contributed by atoms with Crippen LogP contribution in [-0.4, -0.2) is 25.2 Å². The molecule has 1 heterocycles. The maximum absolute atomic E-state index is 12.0. The van der Waals surface area contributed by atoms with Crippen molar-refractivity contribution in [1.29, 1.82) is 0 Å². The molecule has 0 fully saturated rings. The molecule has 0 bridgehead atoms. The third kappa shape index (κ3) is 3.07. The number of carbonyl (C=O) groups is 1. The molecule has 4 nitrogen and oxygen atoms in total. The van der Waals surface area contributed by atoms with Gasteiger partial charge in [0.05, 0.1) is 0 Å². The number of fused-ring (bicyclic) bond motifs is 1. The van der Waals surface area contributed by atoms with E-state index in [1.165, 1.54) is 17.7 Å². The maximum atomic E-state index is 12.0. The number of methoxy groups -OCH3 is 1. The van der Waals surface area contributed by atoms with Crippen molar-refractivity contribution in [2.24, 2.45) is 0 Å². The van der Waals surface area contributed by atoms with E-state index in [1.54, 1.807) is 21.0 Å². The van der Waals surface area contributed by atoms with Crippen molar-refractivity contribution >= 4 is 11.6 Å². The van der Waals surface area contributed by atoms with E-state index in [2.05, 4.69) is 28.8 Å². The molecule has 0 saturated carbocycles. The van der Waals surface area contributed by atoms with E-state index in [1.807, 2.05) is 0 Å². The van der Waals surface area contributed by atoms with Crippen LogP contribution >= 0.6 is 0 Å². The van der Waals surface area contributed by atoms with Crippen LogP contribution in [0.15, 0.2) is 18.2 Å². The number of benzene rings is 1. The first-order valence-electron chi connectivity index (χ1n) is 6.72. The lowest BCUT2D eigenvalue weighted by Gasteiger charge is -2.24. The van der Waals surface area contributed by atoms with E-state index in [9.17, 15) is 4.79 Å². The normalized spacial score (nSPS) is 14.5. The van der Waals surface area contributed by atoms with Crippen LogP contribution in [0.3, 0.4) is 0 Å². The minimum atomic E-state index is -0.789. The van der Waals surface area contributed by atoms with Gasteiger partial charge < -0.3 is 15.4 Å². The molecular weight excluding hydrogens is 240 g/mol. The third-order valence-electron chi connectivity index (χ3n) is 3.66. The average Bonchev–Trinajstić information content (AvgIpc) is 2.44. The first-order valence-corrected chi connectivity index (χ1v) is 6.72. The highest BCUT2D eigenvalue weighted by atomic mass is 16.5. The number of amides is 1. The van der Waals surface area contributed by atoms with Crippen molar-refractivity contribution in [2.45, 2.75) is 38.8 Å². The standard InChI is InChI=1S/C15H22N2O2/c1-15(2,19-3)14(18)17-10-12-7-4-6-11-8-5-9-16-13(11)12/h4,6-7,16H,5,8-10H2,1-3H3,(H,17,18). The molecule has 1 aliphatic rings. The third-order valence-corrected chi connectivity index (χ3v) is 3.66. The molecular formula is C15H22N2O2. The van der Waals surface area contributed by atoms with E-state index < -0.39 is 5.60 Å². The van der Waals surface area contributed by atoms with Gasteiger partial charge in [-0.1, -0.05) is 18.2 Å². The zero-order valence-electron chi connectivity index (χ0n) is 11.9. The van der Waals surface area contributed by atoms with Crippen LogP contribution in [0.5, 0.6) is 0 Å². The highest BCUT2D eigenvalue weighted by Crippen LogP contribution is 2.26. The minimum Gasteiger partial charge on any atom is -0.385 e. The highest BCUT2D eigenvalue weighted by molar-refractivity contribution is 5.84. The zero-order valence-corrected chi connectivity index (χ0v) is 11.9. The molecule has 0 aromatic heterocycles.